The third-order valence-electron chi connectivity index (χ3n) is 1.69. The van der Waals surface area contributed by atoms with Crippen molar-refractivity contribution in [3.63, 3.8) is 0 Å². The molecule has 0 bridgehead atoms. The van der Waals surface area contributed by atoms with Gasteiger partial charge >= 0.3 is 18.2 Å². The van der Waals surface area contributed by atoms with Crippen LogP contribution in [0.5, 0.6) is 0 Å². The normalized spacial score (nSPS) is 11.1. The molecule has 0 aliphatic heterocycles. The number of ether oxygens (including phenoxy) is 3. The van der Waals surface area contributed by atoms with Gasteiger partial charge in [0.15, 0.2) is 0 Å². The molecule has 0 saturated carbocycles. The molecule has 104 valence electrons. The van der Waals surface area contributed by atoms with Gasteiger partial charge < -0.3 is 24.8 Å². The van der Waals surface area contributed by atoms with Crippen molar-refractivity contribution >= 4 is 18.2 Å². The van der Waals surface area contributed by atoms with E-state index in [0.29, 0.717) is 0 Å². The second-order valence-corrected chi connectivity index (χ2v) is 3.40. The first-order chi connectivity index (χ1) is 8.45. The van der Waals surface area contributed by atoms with Gasteiger partial charge in [-0.1, -0.05) is 0 Å². The number of nitrogens with one attached hydrogen (secondary N) is 2. The Kier molecular flexibility index (Phi) is 8.08. The molecular formula is C10H18N2O6. The molecule has 0 unspecified atom stereocenters. The minimum absolute atomic E-state index is 0.00843. The van der Waals surface area contributed by atoms with Crippen LogP contribution in [0.3, 0.4) is 0 Å². The number of esters is 1. The van der Waals surface area contributed by atoms with E-state index < -0.39 is 18.2 Å². The van der Waals surface area contributed by atoms with Gasteiger partial charge in [0.25, 0.3) is 0 Å². The van der Waals surface area contributed by atoms with Gasteiger partial charge in [0.05, 0.1) is 19.7 Å². The highest BCUT2D eigenvalue weighted by Crippen LogP contribution is 1.87. The van der Waals surface area contributed by atoms with Crippen molar-refractivity contribution in [3.8, 4) is 0 Å². The zero-order valence-corrected chi connectivity index (χ0v) is 10.6. The van der Waals surface area contributed by atoms with Gasteiger partial charge in [-0.05, 0) is 6.92 Å². The van der Waals surface area contributed by atoms with Gasteiger partial charge in [0, 0.05) is 6.92 Å². The molecule has 18 heavy (non-hydrogen) atoms. The van der Waals surface area contributed by atoms with Crippen LogP contribution >= 0.6 is 0 Å². The van der Waals surface area contributed by atoms with Gasteiger partial charge in [0.1, 0.15) is 13.2 Å². The largest absolute Gasteiger partial charge is 0.464 e. The predicted molar refractivity (Wildman–Crippen MR) is 61.0 cm³/mol. The molecule has 8 heteroatoms. The number of alkyl carbamates (subject to hydrolysis) is 2. The summed E-state index contributed by atoms with van der Waals surface area (Å²) in [7, 11) is 1.24. The monoisotopic (exact) mass is 262 g/mol. The number of hydrogen-bond donors (Lipinski definition) is 2. The lowest BCUT2D eigenvalue weighted by Crippen LogP contribution is -2.38. The first-order valence-corrected chi connectivity index (χ1v) is 5.34. The van der Waals surface area contributed by atoms with Gasteiger partial charge in [-0.2, -0.15) is 0 Å². The van der Waals surface area contributed by atoms with E-state index in [1.54, 1.807) is 6.92 Å². The highest BCUT2D eigenvalue weighted by atomic mass is 16.6. The Labute approximate surface area is 105 Å². The topological polar surface area (TPSA) is 103 Å². The van der Waals surface area contributed by atoms with Gasteiger partial charge in [-0.15, -0.1) is 0 Å². The number of carbonyl (C=O) groups excluding carboxylic acids is 3. The summed E-state index contributed by atoms with van der Waals surface area (Å²) in [5.41, 5.74) is 0. The lowest BCUT2D eigenvalue weighted by Gasteiger charge is -2.13. The van der Waals surface area contributed by atoms with E-state index in [1.807, 2.05) is 0 Å². The molecule has 8 nitrogen and oxygen atoms in total. The molecule has 0 fully saturated rings. The van der Waals surface area contributed by atoms with Gasteiger partial charge in [0.2, 0.25) is 0 Å². The molecule has 0 saturated heterocycles. The van der Waals surface area contributed by atoms with Crippen molar-refractivity contribution in [3.05, 3.63) is 0 Å². The summed E-state index contributed by atoms with van der Waals surface area (Å²) in [4.78, 5) is 32.3. The summed E-state index contributed by atoms with van der Waals surface area (Å²) in [6.45, 7) is 3.19. The average molecular weight is 262 g/mol. The second kappa shape index (κ2) is 9.08. The Bertz CT molecular complexity index is 294. The summed E-state index contributed by atoms with van der Waals surface area (Å²) < 4.78 is 13.8. The maximum Gasteiger partial charge on any atom is 0.407 e. The number of rotatable bonds is 6. The lowest BCUT2D eigenvalue weighted by atomic mass is 10.4. The van der Waals surface area contributed by atoms with Crippen LogP contribution in [0.4, 0.5) is 9.59 Å². The number of carbonyl (C=O) groups is 3. The minimum Gasteiger partial charge on any atom is -0.464 e. The molecular weight excluding hydrogens is 244 g/mol. The highest BCUT2D eigenvalue weighted by Gasteiger charge is 2.09. The fourth-order valence-corrected chi connectivity index (χ4v) is 0.901. The van der Waals surface area contributed by atoms with Crippen molar-refractivity contribution in [2.24, 2.45) is 0 Å². The predicted octanol–water partition coefficient (Wildman–Crippen LogP) is 0.0202. The van der Waals surface area contributed by atoms with Gasteiger partial charge in [-0.3, -0.25) is 4.79 Å². The van der Waals surface area contributed by atoms with E-state index in [0.717, 1.165) is 0 Å². The van der Waals surface area contributed by atoms with Crippen LogP contribution in [0.25, 0.3) is 0 Å². The van der Waals surface area contributed by atoms with Gasteiger partial charge in [-0.25, -0.2) is 9.59 Å². The quantitative estimate of drug-likeness (QED) is 0.397. The molecule has 0 aromatic heterocycles. The molecule has 0 rings (SSSR count). The molecule has 0 aromatic carbocycles. The van der Waals surface area contributed by atoms with E-state index in [-0.39, 0.29) is 25.8 Å². The Balaban J connectivity index is 3.57. The smallest absolute Gasteiger partial charge is 0.407 e. The number of methoxy groups -OCH3 is 1. The highest BCUT2D eigenvalue weighted by molar-refractivity contribution is 5.68. The fraction of sp³-hybridized carbons (Fsp3) is 0.700. The van der Waals surface area contributed by atoms with E-state index in [1.165, 1.54) is 14.0 Å². The number of amides is 2. The SMILES string of the molecule is COC(=O)N[C@H](C)COC(=O)NCCOC(C)=O. The summed E-state index contributed by atoms with van der Waals surface area (Å²) in [5.74, 6) is -0.416. The van der Waals surface area contributed by atoms with Crippen LogP contribution in [-0.4, -0.2) is 51.1 Å². The Morgan fingerprint density at radius 1 is 1.17 bits per heavy atom. The lowest BCUT2D eigenvalue weighted by molar-refractivity contribution is -0.140. The maximum atomic E-state index is 11.1. The van der Waals surface area contributed by atoms with Crippen molar-refractivity contribution in [1.82, 2.24) is 10.6 Å². The summed E-state index contributed by atoms with van der Waals surface area (Å²) >= 11 is 0. The standard InChI is InChI=1S/C10H18N2O6/c1-7(12-10(15)16-3)6-18-9(14)11-4-5-17-8(2)13/h7H,4-6H2,1-3H3,(H,11,14)(H,12,15)/t7-/m1/s1. The minimum atomic E-state index is -0.652. The summed E-state index contributed by atoms with van der Waals surface area (Å²) in [6, 6.07) is -0.364. The van der Waals surface area contributed by atoms with Crippen LogP contribution in [-0.2, 0) is 19.0 Å². The zero-order valence-electron chi connectivity index (χ0n) is 10.6. The zero-order chi connectivity index (χ0) is 14.0. The van der Waals surface area contributed by atoms with Crippen molar-refractivity contribution in [1.29, 1.82) is 0 Å². The van der Waals surface area contributed by atoms with Crippen LogP contribution < -0.4 is 10.6 Å². The van der Waals surface area contributed by atoms with Crippen molar-refractivity contribution in [2.75, 3.05) is 26.9 Å². The molecule has 2 N–H and O–H groups in total. The maximum absolute atomic E-state index is 11.1. The van der Waals surface area contributed by atoms with Crippen LogP contribution in [0.1, 0.15) is 13.8 Å². The molecule has 0 aliphatic rings. The molecule has 1 atom stereocenters. The summed E-state index contributed by atoms with van der Waals surface area (Å²) in [6.07, 6.45) is -1.25. The van der Waals surface area contributed by atoms with Crippen molar-refractivity contribution < 1.29 is 28.6 Å². The molecule has 0 spiro atoms. The third-order valence-corrected chi connectivity index (χ3v) is 1.69. The Hall–Kier alpha value is -1.99. The van der Waals surface area contributed by atoms with E-state index in [2.05, 4.69) is 20.1 Å². The van der Waals surface area contributed by atoms with Crippen LogP contribution in [0.15, 0.2) is 0 Å². The molecule has 2 amide bonds. The first-order valence-electron chi connectivity index (χ1n) is 5.34. The third kappa shape index (κ3) is 9.25. The second-order valence-electron chi connectivity index (χ2n) is 3.40. The van der Waals surface area contributed by atoms with Crippen LogP contribution in [0.2, 0.25) is 0 Å². The van der Waals surface area contributed by atoms with Crippen molar-refractivity contribution in [2.45, 2.75) is 19.9 Å². The fourth-order valence-electron chi connectivity index (χ4n) is 0.901. The number of hydrogen-bond acceptors (Lipinski definition) is 6. The molecule has 0 aliphatic carbocycles. The Morgan fingerprint density at radius 3 is 2.39 bits per heavy atom. The average Bonchev–Trinajstić information content (AvgIpc) is 2.31. The Morgan fingerprint density at radius 2 is 1.83 bits per heavy atom. The van der Waals surface area contributed by atoms with E-state index in [4.69, 9.17) is 4.74 Å². The first kappa shape index (κ1) is 16.0. The molecule has 0 radical (unpaired) electrons. The molecule has 0 aromatic rings. The summed E-state index contributed by atoms with van der Waals surface area (Å²) in [5, 5.41) is 4.81. The van der Waals surface area contributed by atoms with E-state index >= 15 is 0 Å². The molecule has 0 heterocycles. The van der Waals surface area contributed by atoms with Crippen LogP contribution in [0, 0.1) is 0 Å². The van der Waals surface area contributed by atoms with E-state index in [9.17, 15) is 14.4 Å².